The molecule has 2 aliphatic heterocycles. The van der Waals surface area contributed by atoms with Gasteiger partial charge in [0.1, 0.15) is 0 Å². The van der Waals surface area contributed by atoms with E-state index in [1.165, 1.54) is 22.3 Å². The number of hydrogen-bond donors (Lipinski definition) is 1. The van der Waals surface area contributed by atoms with Gasteiger partial charge in [0.25, 0.3) is 0 Å². The molecular weight excluding hydrogens is 468 g/mol. The van der Waals surface area contributed by atoms with Crippen molar-refractivity contribution in [3.8, 4) is 11.1 Å². The van der Waals surface area contributed by atoms with Crippen LogP contribution in [0.3, 0.4) is 0 Å². The van der Waals surface area contributed by atoms with Gasteiger partial charge in [0.15, 0.2) is 0 Å². The summed E-state index contributed by atoms with van der Waals surface area (Å²) in [5.74, 6) is 0.0935. The third kappa shape index (κ3) is 4.63. The van der Waals surface area contributed by atoms with Crippen molar-refractivity contribution < 1.29 is 13.5 Å². The van der Waals surface area contributed by atoms with Crippen LogP contribution in [-0.2, 0) is 10.0 Å². The largest absolute Gasteiger partial charge is 0.395 e. The van der Waals surface area contributed by atoms with Crippen molar-refractivity contribution in [2.24, 2.45) is 0 Å². The molecule has 0 bridgehead atoms. The van der Waals surface area contributed by atoms with Gasteiger partial charge in [-0.1, -0.05) is 71.8 Å². The Balaban J connectivity index is 1.44. The molecule has 0 spiro atoms. The summed E-state index contributed by atoms with van der Waals surface area (Å²) in [6.07, 6.45) is 1.74. The molecule has 3 aromatic carbocycles. The molecule has 6 heteroatoms. The fourth-order valence-corrected chi connectivity index (χ4v) is 7.87. The summed E-state index contributed by atoms with van der Waals surface area (Å²) in [6, 6.07) is 22.5. The van der Waals surface area contributed by atoms with Gasteiger partial charge in [-0.25, -0.2) is 8.42 Å². The van der Waals surface area contributed by atoms with Crippen LogP contribution >= 0.6 is 0 Å². The van der Waals surface area contributed by atoms with E-state index in [1.54, 1.807) is 16.4 Å². The van der Waals surface area contributed by atoms with Crippen LogP contribution < -0.4 is 0 Å². The Kier molecular flexibility index (Phi) is 7.05. The summed E-state index contributed by atoms with van der Waals surface area (Å²) in [5, 5.41) is 10.3. The second-order valence-electron chi connectivity index (χ2n) is 10.4. The number of nitrogens with zero attached hydrogens (tertiary/aromatic N) is 2. The van der Waals surface area contributed by atoms with Crippen LogP contribution in [0.1, 0.15) is 41.0 Å². The lowest BCUT2D eigenvalue weighted by molar-refractivity contribution is -0.0553. The summed E-state index contributed by atoms with van der Waals surface area (Å²) in [6.45, 7) is 8.03. The zero-order valence-electron chi connectivity index (χ0n) is 21.4. The number of aliphatic hydroxyl groups is 1. The van der Waals surface area contributed by atoms with Crippen LogP contribution in [0, 0.1) is 20.8 Å². The minimum absolute atomic E-state index is 0.0168. The van der Waals surface area contributed by atoms with Gasteiger partial charge in [0.2, 0.25) is 10.0 Å². The normalized spacial score (nSPS) is 23.4. The second-order valence-corrected chi connectivity index (χ2v) is 12.3. The van der Waals surface area contributed by atoms with Crippen molar-refractivity contribution in [1.82, 2.24) is 9.21 Å². The van der Waals surface area contributed by atoms with Gasteiger partial charge in [-0.2, -0.15) is 4.31 Å². The highest BCUT2D eigenvalue weighted by Gasteiger charge is 2.50. The van der Waals surface area contributed by atoms with Crippen LogP contribution in [0.25, 0.3) is 11.1 Å². The Hall–Kier alpha value is -2.51. The van der Waals surface area contributed by atoms with Crippen LogP contribution in [0.5, 0.6) is 0 Å². The van der Waals surface area contributed by atoms with Crippen LogP contribution in [0.2, 0.25) is 0 Å². The van der Waals surface area contributed by atoms with Gasteiger partial charge >= 0.3 is 0 Å². The van der Waals surface area contributed by atoms with Crippen LogP contribution in [-0.4, -0.2) is 61.1 Å². The third-order valence-corrected chi connectivity index (χ3v) is 9.92. The second kappa shape index (κ2) is 10.1. The molecular formula is C30H36N2O3S. The standard InChI is InChI=1S/C30H36N2O3S/c1-21-16-22(2)18-26(17-21)24-10-12-25(13-11-24)30-27-19-31(14-6-7-15-32(27)28(30)20-33)36(34,35)29-9-5-4-8-23(29)3/h4-5,8-13,16-18,27-28,30,33H,6-7,14-15,19-20H2,1-3H3/t27-,28+,30?/m0/s1. The van der Waals surface area contributed by atoms with Crippen molar-refractivity contribution in [2.45, 2.75) is 56.5 Å². The van der Waals surface area contributed by atoms with E-state index in [9.17, 15) is 13.5 Å². The smallest absolute Gasteiger partial charge is 0.243 e. The lowest BCUT2D eigenvalue weighted by atomic mass is 9.74. The molecule has 3 atom stereocenters. The number of rotatable bonds is 5. The Morgan fingerprint density at radius 3 is 2.19 bits per heavy atom. The van der Waals surface area contributed by atoms with Gasteiger partial charge in [-0.15, -0.1) is 0 Å². The lowest BCUT2D eigenvalue weighted by Crippen LogP contribution is -2.67. The van der Waals surface area contributed by atoms with Gasteiger partial charge in [0.05, 0.1) is 11.5 Å². The topological polar surface area (TPSA) is 60.9 Å². The van der Waals surface area contributed by atoms with Crippen molar-refractivity contribution in [2.75, 3.05) is 26.2 Å². The molecule has 2 heterocycles. The number of benzene rings is 3. The average Bonchev–Trinajstić information content (AvgIpc) is 2.83. The Labute approximate surface area is 215 Å². The summed E-state index contributed by atoms with van der Waals surface area (Å²) in [5.41, 5.74) is 6.80. The first-order valence-electron chi connectivity index (χ1n) is 12.9. The summed E-state index contributed by atoms with van der Waals surface area (Å²) >= 11 is 0. The average molecular weight is 505 g/mol. The van der Waals surface area contributed by atoms with Crippen molar-refractivity contribution in [1.29, 1.82) is 0 Å². The van der Waals surface area contributed by atoms with E-state index in [0.29, 0.717) is 18.0 Å². The minimum atomic E-state index is -3.59. The van der Waals surface area contributed by atoms with E-state index in [2.05, 4.69) is 61.2 Å². The summed E-state index contributed by atoms with van der Waals surface area (Å²) in [4.78, 5) is 2.71. The number of sulfonamides is 1. The van der Waals surface area contributed by atoms with E-state index >= 15 is 0 Å². The summed E-state index contributed by atoms with van der Waals surface area (Å²) < 4.78 is 29.0. The molecule has 2 saturated heterocycles. The Morgan fingerprint density at radius 1 is 0.861 bits per heavy atom. The van der Waals surface area contributed by atoms with Gasteiger partial charge in [-0.3, -0.25) is 4.90 Å². The van der Waals surface area contributed by atoms with Crippen LogP contribution in [0.4, 0.5) is 0 Å². The zero-order valence-corrected chi connectivity index (χ0v) is 22.2. The molecule has 0 aliphatic carbocycles. The van der Waals surface area contributed by atoms with Gasteiger partial charge in [-0.05, 0) is 68.5 Å². The maximum atomic E-state index is 13.7. The van der Waals surface area contributed by atoms with E-state index in [1.807, 2.05) is 19.1 Å². The van der Waals surface area contributed by atoms with E-state index in [0.717, 1.165) is 30.5 Å². The predicted molar refractivity (Wildman–Crippen MR) is 145 cm³/mol. The maximum Gasteiger partial charge on any atom is 0.243 e. The van der Waals surface area contributed by atoms with Crippen molar-refractivity contribution >= 4 is 10.0 Å². The number of fused-ring (bicyclic) bond motifs is 1. The molecule has 5 nitrogen and oxygen atoms in total. The fraction of sp³-hybridized carbons (Fsp3) is 0.400. The molecule has 0 amide bonds. The molecule has 2 aliphatic rings. The minimum Gasteiger partial charge on any atom is -0.395 e. The van der Waals surface area contributed by atoms with Crippen molar-refractivity contribution in [3.05, 3.63) is 89.0 Å². The molecule has 3 aromatic rings. The highest BCUT2D eigenvalue weighted by Crippen LogP contribution is 2.43. The first-order valence-corrected chi connectivity index (χ1v) is 14.3. The van der Waals surface area contributed by atoms with E-state index in [4.69, 9.17) is 0 Å². The fourth-order valence-electron chi connectivity index (χ4n) is 6.15. The van der Waals surface area contributed by atoms with Gasteiger partial charge < -0.3 is 5.11 Å². The molecule has 0 aromatic heterocycles. The van der Waals surface area contributed by atoms with Crippen molar-refractivity contribution in [3.63, 3.8) is 0 Å². The monoisotopic (exact) mass is 504 g/mol. The predicted octanol–water partition coefficient (Wildman–Crippen LogP) is 4.89. The first kappa shape index (κ1) is 25.2. The quantitative estimate of drug-likeness (QED) is 0.537. The zero-order chi connectivity index (χ0) is 25.4. The van der Waals surface area contributed by atoms with E-state index in [-0.39, 0.29) is 24.6 Å². The first-order chi connectivity index (χ1) is 17.3. The molecule has 0 saturated carbocycles. The van der Waals surface area contributed by atoms with E-state index < -0.39 is 10.0 Å². The Morgan fingerprint density at radius 2 is 1.53 bits per heavy atom. The third-order valence-electron chi connectivity index (χ3n) is 7.89. The highest BCUT2D eigenvalue weighted by molar-refractivity contribution is 7.89. The molecule has 2 fully saturated rings. The molecule has 1 unspecified atom stereocenters. The molecule has 190 valence electrons. The molecule has 5 rings (SSSR count). The van der Waals surface area contributed by atoms with Crippen LogP contribution in [0.15, 0.2) is 71.6 Å². The molecule has 1 N–H and O–H groups in total. The lowest BCUT2D eigenvalue weighted by Gasteiger charge is -2.57. The number of aliphatic hydroxyl groups excluding tert-OH is 1. The molecule has 36 heavy (non-hydrogen) atoms. The van der Waals surface area contributed by atoms with Gasteiger partial charge in [0, 0.05) is 31.1 Å². The number of aryl methyl sites for hydroxylation is 3. The highest BCUT2D eigenvalue weighted by atomic mass is 32.2. The Bertz CT molecular complexity index is 1320. The SMILES string of the molecule is Cc1cc(C)cc(-c2ccc(C3[C@@H](CO)N4CCCCN(S(=O)(=O)c5ccccc5C)C[C@@H]34)cc2)c1. The summed E-state index contributed by atoms with van der Waals surface area (Å²) in [7, 11) is -3.59. The number of hydrogen-bond acceptors (Lipinski definition) is 4. The maximum absolute atomic E-state index is 13.7. The molecule has 0 radical (unpaired) electrons.